The standard InChI is InChI=1S/C14H22O4S/c1-4-5-6-11-14(2,3)18-12-7-9-13(10-8-12)19(15,16)17/h7-10H,4-6,11H2,1-3H3,(H,15,16,17). The van der Waals surface area contributed by atoms with E-state index in [9.17, 15) is 8.42 Å². The first-order chi connectivity index (χ1) is 8.74. The van der Waals surface area contributed by atoms with E-state index < -0.39 is 10.1 Å². The van der Waals surface area contributed by atoms with E-state index in [1.807, 2.05) is 13.8 Å². The largest absolute Gasteiger partial charge is 0.488 e. The highest BCUT2D eigenvalue weighted by Gasteiger charge is 2.19. The topological polar surface area (TPSA) is 63.6 Å². The maximum atomic E-state index is 10.9. The summed E-state index contributed by atoms with van der Waals surface area (Å²) in [6.07, 6.45) is 4.39. The summed E-state index contributed by atoms with van der Waals surface area (Å²) < 4.78 is 36.6. The van der Waals surface area contributed by atoms with Crippen molar-refractivity contribution < 1.29 is 17.7 Å². The molecule has 1 rings (SSSR count). The lowest BCUT2D eigenvalue weighted by Crippen LogP contribution is -2.27. The molecule has 0 fully saturated rings. The van der Waals surface area contributed by atoms with Gasteiger partial charge in [0.2, 0.25) is 0 Å². The zero-order chi connectivity index (χ0) is 14.5. The van der Waals surface area contributed by atoms with E-state index in [0.29, 0.717) is 5.75 Å². The fourth-order valence-corrected chi connectivity index (χ4v) is 2.33. The third kappa shape index (κ3) is 5.61. The van der Waals surface area contributed by atoms with Crippen molar-refractivity contribution in [3.05, 3.63) is 24.3 Å². The third-order valence-electron chi connectivity index (χ3n) is 2.90. The van der Waals surface area contributed by atoms with Crippen molar-refractivity contribution >= 4 is 10.1 Å². The van der Waals surface area contributed by atoms with Crippen molar-refractivity contribution in [3.8, 4) is 5.75 Å². The summed E-state index contributed by atoms with van der Waals surface area (Å²) in [5.41, 5.74) is -0.283. The van der Waals surface area contributed by atoms with Gasteiger partial charge < -0.3 is 4.74 Å². The molecule has 1 aromatic rings. The first-order valence-corrected chi connectivity index (χ1v) is 7.95. The fourth-order valence-electron chi connectivity index (χ4n) is 1.85. The average molecular weight is 286 g/mol. The lowest BCUT2D eigenvalue weighted by molar-refractivity contribution is 0.0962. The fraction of sp³-hybridized carbons (Fsp3) is 0.571. The first kappa shape index (κ1) is 16.0. The van der Waals surface area contributed by atoms with E-state index >= 15 is 0 Å². The molecule has 0 aliphatic rings. The molecule has 0 bridgehead atoms. The maximum absolute atomic E-state index is 10.9. The van der Waals surface area contributed by atoms with Crippen molar-refractivity contribution in [2.45, 2.75) is 57.0 Å². The molecule has 108 valence electrons. The average Bonchev–Trinajstić information content (AvgIpc) is 2.28. The monoisotopic (exact) mass is 286 g/mol. The Morgan fingerprint density at radius 1 is 1.16 bits per heavy atom. The minimum atomic E-state index is -4.14. The van der Waals surface area contributed by atoms with Gasteiger partial charge in [-0.3, -0.25) is 4.55 Å². The summed E-state index contributed by atoms with van der Waals surface area (Å²) in [6.45, 7) is 6.18. The van der Waals surface area contributed by atoms with E-state index in [1.165, 1.54) is 25.0 Å². The zero-order valence-electron chi connectivity index (χ0n) is 11.7. The van der Waals surface area contributed by atoms with Crippen LogP contribution in [-0.2, 0) is 10.1 Å². The van der Waals surface area contributed by atoms with Crippen LogP contribution in [0.25, 0.3) is 0 Å². The second-order valence-corrected chi connectivity index (χ2v) is 6.69. The number of ether oxygens (including phenoxy) is 1. The zero-order valence-corrected chi connectivity index (χ0v) is 12.5. The maximum Gasteiger partial charge on any atom is 0.294 e. The number of hydrogen-bond donors (Lipinski definition) is 1. The van der Waals surface area contributed by atoms with Crippen LogP contribution in [0.1, 0.15) is 46.5 Å². The summed E-state index contributed by atoms with van der Waals surface area (Å²) in [5.74, 6) is 0.605. The van der Waals surface area contributed by atoms with Crippen molar-refractivity contribution in [3.63, 3.8) is 0 Å². The van der Waals surface area contributed by atoms with Gasteiger partial charge in [-0.15, -0.1) is 0 Å². The normalized spacial score (nSPS) is 12.4. The lowest BCUT2D eigenvalue weighted by atomic mass is 10.0. The van der Waals surface area contributed by atoms with Crippen LogP contribution in [0.3, 0.4) is 0 Å². The SMILES string of the molecule is CCCCCC(C)(C)Oc1ccc(S(=O)(=O)O)cc1. The van der Waals surface area contributed by atoms with Gasteiger partial charge in [0.05, 0.1) is 4.90 Å². The molecule has 0 saturated heterocycles. The summed E-state index contributed by atoms with van der Waals surface area (Å²) >= 11 is 0. The number of unbranched alkanes of at least 4 members (excludes halogenated alkanes) is 2. The van der Waals surface area contributed by atoms with E-state index in [0.717, 1.165) is 12.8 Å². The van der Waals surface area contributed by atoms with Crippen LogP contribution in [-0.4, -0.2) is 18.6 Å². The molecule has 0 aliphatic carbocycles. The molecule has 1 aromatic carbocycles. The van der Waals surface area contributed by atoms with Crippen LogP contribution in [0, 0.1) is 0 Å². The van der Waals surface area contributed by atoms with Gasteiger partial charge in [-0.05, 0) is 51.0 Å². The molecule has 0 saturated carbocycles. The molecule has 0 atom stereocenters. The Bertz CT molecular complexity index is 489. The Balaban J connectivity index is 2.67. The smallest absolute Gasteiger partial charge is 0.294 e. The molecule has 0 spiro atoms. The van der Waals surface area contributed by atoms with Gasteiger partial charge >= 0.3 is 0 Å². The Kier molecular flexibility index (Phi) is 5.38. The molecule has 4 nitrogen and oxygen atoms in total. The van der Waals surface area contributed by atoms with Crippen LogP contribution in [0.4, 0.5) is 0 Å². The molecular formula is C14H22O4S. The van der Waals surface area contributed by atoms with Crippen LogP contribution in [0.15, 0.2) is 29.2 Å². The van der Waals surface area contributed by atoms with Crippen molar-refractivity contribution in [1.29, 1.82) is 0 Å². The highest BCUT2D eigenvalue weighted by atomic mass is 32.2. The Hall–Kier alpha value is -1.07. The molecule has 0 aliphatic heterocycles. The molecule has 19 heavy (non-hydrogen) atoms. The Labute approximate surface area is 115 Å². The molecule has 0 unspecified atom stereocenters. The number of benzene rings is 1. The first-order valence-electron chi connectivity index (χ1n) is 6.51. The Morgan fingerprint density at radius 3 is 2.21 bits per heavy atom. The van der Waals surface area contributed by atoms with Crippen molar-refractivity contribution in [1.82, 2.24) is 0 Å². The molecular weight excluding hydrogens is 264 g/mol. The van der Waals surface area contributed by atoms with Crippen LogP contribution >= 0.6 is 0 Å². The minimum Gasteiger partial charge on any atom is -0.488 e. The summed E-state index contributed by atoms with van der Waals surface area (Å²) in [6, 6.07) is 5.80. The molecule has 5 heteroatoms. The van der Waals surface area contributed by atoms with Gasteiger partial charge in [0.1, 0.15) is 11.4 Å². The van der Waals surface area contributed by atoms with Crippen molar-refractivity contribution in [2.24, 2.45) is 0 Å². The van der Waals surface area contributed by atoms with Crippen molar-refractivity contribution in [2.75, 3.05) is 0 Å². The van der Waals surface area contributed by atoms with Gasteiger partial charge in [-0.25, -0.2) is 0 Å². The quantitative estimate of drug-likeness (QED) is 0.613. The lowest BCUT2D eigenvalue weighted by Gasteiger charge is -2.26. The second-order valence-electron chi connectivity index (χ2n) is 5.27. The van der Waals surface area contributed by atoms with Gasteiger partial charge in [-0.1, -0.05) is 19.8 Å². The molecule has 0 radical (unpaired) electrons. The Morgan fingerprint density at radius 2 is 1.74 bits per heavy atom. The van der Waals surface area contributed by atoms with Crippen LogP contribution < -0.4 is 4.74 Å². The molecule has 0 aromatic heterocycles. The van der Waals surface area contributed by atoms with E-state index in [-0.39, 0.29) is 10.5 Å². The molecule has 0 amide bonds. The van der Waals surface area contributed by atoms with Gasteiger partial charge in [0, 0.05) is 0 Å². The van der Waals surface area contributed by atoms with Crippen LogP contribution in [0.5, 0.6) is 5.75 Å². The van der Waals surface area contributed by atoms with E-state index in [4.69, 9.17) is 9.29 Å². The minimum absolute atomic E-state index is 0.122. The third-order valence-corrected chi connectivity index (χ3v) is 3.77. The second kappa shape index (κ2) is 6.39. The molecule has 1 N–H and O–H groups in total. The van der Waals surface area contributed by atoms with Gasteiger partial charge in [0.15, 0.2) is 0 Å². The van der Waals surface area contributed by atoms with Gasteiger partial charge in [0.25, 0.3) is 10.1 Å². The summed E-state index contributed by atoms with van der Waals surface area (Å²) in [5, 5.41) is 0. The van der Waals surface area contributed by atoms with E-state index in [1.54, 1.807) is 12.1 Å². The predicted octanol–water partition coefficient (Wildman–Crippen LogP) is 3.67. The highest BCUT2D eigenvalue weighted by Crippen LogP contribution is 2.24. The summed E-state index contributed by atoms with van der Waals surface area (Å²) in [4.78, 5) is -0.122. The predicted molar refractivity (Wildman–Crippen MR) is 75.1 cm³/mol. The van der Waals surface area contributed by atoms with Gasteiger partial charge in [-0.2, -0.15) is 8.42 Å². The summed E-state index contributed by atoms with van der Waals surface area (Å²) in [7, 11) is -4.14. The van der Waals surface area contributed by atoms with E-state index in [2.05, 4.69) is 6.92 Å². The highest BCUT2D eigenvalue weighted by molar-refractivity contribution is 7.85. The molecule has 0 heterocycles. The number of hydrogen-bond acceptors (Lipinski definition) is 3. The van der Waals surface area contributed by atoms with Crippen LogP contribution in [0.2, 0.25) is 0 Å². The number of rotatable bonds is 7.